The number of guanidine groups is 1. The van der Waals surface area contributed by atoms with Gasteiger partial charge in [-0.2, -0.15) is 0 Å². The zero-order valence-electron chi connectivity index (χ0n) is 9.40. The van der Waals surface area contributed by atoms with Crippen molar-refractivity contribution in [2.75, 3.05) is 13.2 Å². The van der Waals surface area contributed by atoms with Crippen LogP contribution in [-0.2, 0) is 10.0 Å². The molecule has 0 radical (unpaired) electrons. The van der Waals surface area contributed by atoms with Gasteiger partial charge >= 0.3 is 0 Å². The van der Waals surface area contributed by atoms with Crippen LogP contribution in [0.2, 0.25) is 0 Å². The van der Waals surface area contributed by atoms with Gasteiger partial charge in [-0.1, -0.05) is 17.7 Å². The van der Waals surface area contributed by atoms with Crippen LogP contribution in [0.15, 0.2) is 29.2 Å². The fraction of sp³-hybridized carbons (Fsp3) is 0.300. The number of rotatable bonds is 4. The molecule has 6 nitrogen and oxygen atoms in total. The van der Waals surface area contributed by atoms with E-state index in [0.717, 1.165) is 5.56 Å². The molecule has 0 saturated carbocycles. The topological polar surface area (TPSA) is 102 Å². The Kier molecular flexibility index (Phi) is 4.47. The quantitative estimate of drug-likeness (QED) is 0.443. The number of sulfonamides is 1. The molecule has 0 aliphatic carbocycles. The molecule has 94 valence electrons. The van der Waals surface area contributed by atoms with Crippen LogP contribution in [0.4, 0.5) is 0 Å². The summed E-state index contributed by atoms with van der Waals surface area (Å²) in [6.07, 6.45) is 0. The number of aliphatic hydroxyl groups excluding tert-OH is 1. The van der Waals surface area contributed by atoms with Gasteiger partial charge in [0.15, 0.2) is 0 Å². The maximum atomic E-state index is 11.8. The molecule has 1 aromatic rings. The van der Waals surface area contributed by atoms with E-state index >= 15 is 0 Å². The third-order valence-corrected chi connectivity index (χ3v) is 3.35. The second-order valence-corrected chi connectivity index (χ2v) is 5.13. The molecule has 0 saturated heterocycles. The summed E-state index contributed by atoms with van der Waals surface area (Å²) < 4.78 is 25.6. The van der Waals surface area contributed by atoms with E-state index in [0.29, 0.717) is 0 Å². The van der Waals surface area contributed by atoms with Gasteiger partial charge in [0.1, 0.15) is 0 Å². The Morgan fingerprint density at radius 2 is 1.94 bits per heavy atom. The Bertz CT molecular complexity index is 482. The van der Waals surface area contributed by atoms with Crippen molar-refractivity contribution >= 4 is 16.0 Å². The number of aryl methyl sites for hydroxylation is 1. The van der Waals surface area contributed by atoms with Crippen LogP contribution in [0.5, 0.6) is 0 Å². The number of nitrogens with one attached hydrogen (secondary N) is 3. The van der Waals surface area contributed by atoms with Crippen molar-refractivity contribution in [3.63, 3.8) is 0 Å². The van der Waals surface area contributed by atoms with Gasteiger partial charge < -0.3 is 10.4 Å². The van der Waals surface area contributed by atoms with E-state index in [-0.39, 0.29) is 24.0 Å². The van der Waals surface area contributed by atoms with Gasteiger partial charge in [-0.15, -0.1) is 0 Å². The van der Waals surface area contributed by atoms with E-state index in [1.807, 2.05) is 6.92 Å². The van der Waals surface area contributed by atoms with Crippen molar-refractivity contribution in [1.29, 1.82) is 5.41 Å². The smallest absolute Gasteiger partial charge is 0.264 e. The second kappa shape index (κ2) is 5.65. The summed E-state index contributed by atoms with van der Waals surface area (Å²) in [6, 6.07) is 6.30. The number of aliphatic hydroxyl groups is 1. The molecule has 0 atom stereocenters. The zero-order valence-corrected chi connectivity index (χ0v) is 10.2. The van der Waals surface area contributed by atoms with Crippen LogP contribution in [0.1, 0.15) is 5.56 Å². The molecule has 4 N–H and O–H groups in total. The number of hydrogen-bond acceptors (Lipinski definition) is 4. The average Bonchev–Trinajstić information content (AvgIpc) is 2.26. The highest BCUT2D eigenvalue weighted by Gasteiger charge is 2.14. The summed E-state index contributed by atoms with van der Waals surface area (Å²) in [7, 11) is -3.73. The predicted molar refractivity (Wildman–Crippen MR) is 64.3 cm³/mol. The summed E-state index contributed by atoms with van der Waals surface area (Å²) in [5.41, 5.74) is 0.956. The van der Waals surface area contributed by atoms with E-state index in [9.17, 15) is 8.42 Å². The lowest BCUT2D eigenvalue weighted by Crippen LogP contribution is -2.41. The third kappa shape index (κ3) is 4.04. The SMILES string of the molecule is Cc1ccc(S(=O)(=O)NC(=N)NCCO)cc1. The van der Waals surface area contributed by atoms with Crippen molar-refractivity contribution in [1.82, 2.24) is 10.0 Å². The number of benzene rings is 1. The maximum absolute atomic E-state index is 11.8. The van der Waals surface area contributed by atoms with Crippen molar-refractivity contribution in [2.45, 2.75) is 11.8 Å². The first-order chi connectivity index (χ1) is 7.95. The summed E-state index contributed by atoms with van der Waals surface area (Å²) in [5, 5.41) is 18.3. The minimum absolute atomic E-state index is 0.0960. The number of hydrogen-bond donors (Lipinski definition) is 4. The Balaban J connectivity index is 2.75. The van der Waals surface area contributed by atoms with Crippen LogP contribution < -0.4 is 10.0 Å². The molecule has 7 heteroatoms. The largest absolute Gasteiger partial charge is 0.395 e. The van der Waals surface area contributed by atoms with E-state index in [1.165, 1.54) is 12.1 Å². The predicted octanol–water partition coefficient (Wildman–Crippen LogP) is -0.210. The van der Waals surface area contributed by atoms with Gasteiger partial charge in [0.25, 0.3) is 10.0 Å². The van der Waals surface area contributed by atoms with Crippen molar-refractivity contribution in [2.24, 2.45) is 0 Å². The molecule has 0 amide bonds. The van der Waals surface area contributed by atoms with Crippen LogP contribution in [-0.4, -0.2) is 32.6 Å². The van der Waals surface area contributed by atoms with Gasteiger partial charge in [-0.25, -0.2) is 13.1 Å². The molecular weight excluding hydrogens is 242 g/mol. The molecule has 0 fully saturated rings. The molecule has 0 heterocycles. The molecule has 1 rings (SSSR count). The fourth-order valence-corrected chi connectivity index (χ4v) is 2.08. The zero-order chi connectivity index (χ0) is 12.9. The first-order valence-corrected chi connectivity index (χ1v) is 6.47. The highest BCUT2D eigenvalue weighted by Crippen LogP contribution is 2.09. The highest BCUT2D eigenvalue weighted by atomic mass is 32.2. The Morgan fingerprint density at radius 3 is 2.47 bits per heavy atom. The second-order valence-electron chi connectivity index (χ2n) is 3.44. The molecule has 0 aliphatic heterocycles. The Morgan fingerprint density at radius 1 is 1.35 bits per heavy atom. The van der Waals surface area contributed by atoms with Crippen molar-refractivity contribution in [3.05, 3.63) is 29.8 Å². The van der Waals surface area contributed by atoms with E-state index < -0.39 is 10.0 Å². The molecule has 0 aliphatic rings. The lowest BCUT2D eigenvalue weighted by atomic mass is 10.2. The minimum Gasteiger partial charge on any atom is -0.395 e. The average molecular weight is 257 g/mol. The molecule has 0 unspecified atom stereocenters. The van der Waals surface area contributed by atoms with Crippen LogP contribution in [0.3, 0.4) is 0 Å². The molecule has 1 aromatic carbocycles. The van der Waals surface area contributed by atoms with Gasteiger partial charge in [-0.3, -0.25) is 5.41 Å². The monoisotopic (exact) mass is 257 g/mol. The summed E-state index contributed by atoms with van der Waals surface area (Å²) in [6.45, 7) is 1.80. The minimum atomic E-state index is -3.73. The highest BCUT2D eigenvalue weighted by molar-refractivity contribution is 7.90. The molecule has 17 heavy (non-hydrogen) atoms. The fourth-order valence-electron chi connectivity index (χ4n) is 1.13. The van der Waals surface area contributed by atoms with Crippen LogP contribution in [0, 0.1) is 12.3 Å². The van der Waals surface area contributed by atoms with Gasteiger partial charge in [0.05, 0.1) is 11.5 Å². The van der Waals surface area contributed by atoms with Gasteiger partial charge in [-0.05, 0) is 19.1 Å². The van der Waals surface area contributed by atoms with Crippen molar-refractivity contribution < 1.29 is 13.5 Å². The lowest BCUT2D eigenvalue weighted by molar-refractivity contribution is 0.300. The van der Waals surface area contributed by atoms with Crippen LogP contribution >= 0.6 is 0 Å². The van der Waals surface area contributed by atoms with E-state index in [1.54, 1.807) is 12.1 Å². The lowest BCUT2D eigenvalue weighted by Gasteiger charge is -2.10. The molecule has 0 bridgehead atoms. The molecular formula is C10H15N3O3S. The summed E-state index contributed by atoms with van der Waals surface area (Å²) >= 11 is 0. The maximum Gasteiger partial charge on any atom is 0.264 e. The Labute approximate surface area is 100 Å². The Hall–Kier alpha value is -1.60. The van der Waals surface area contributed by atoms with Gasteiger partial charge in [0, 0.05) is 6.54 Å². The molecule has 0 spiro atoms. The third-order valence-electron chi connectivity index (χ3n) is 1.98. The summed E-state index contributed by atoms with van der Waals surface area (Å²) in [5.74, 6) is -0.361. The summed E-state index contributed by atoms with van der Waals surface area (Å²) in [4.78, 5) is 0.0960. The first-order valence-electron chi connectivity index (χ1n) is 4.98. The van der Waals surface area contributed by atoms with Crippen molar-refractivity contribution in [3.8, 4) is 0 Å². The van der Waals surface area contributed by atoms with Crippen LogP contribution in [0.25, 0.3) is 0 Å². The van der Waals surface area contributed by atoms with Gasteiger partial charge in [0.2, 0.25) is 5.96 Å². The molecule has 0 aromatic heterocycles. The van der Waals surface area contributed by atoms with E-state index in [4.69, 9.17) is 10.5 Å². The normalized spacial score (nSPS) is 10.9. The van der Waals surface area contributed by atoms with E-state index in [2.05, 4.69) is 10.0 Å². The standard InChI is InChI=1S/C10H15N3O3S/c1-8-2-4-9(5-3-8)17(15,16)13-10(11)12-6-7-14/h2-5,14H,6-7H2,1H3,(H3,11,12,13). The first kappa shape index (κ1) is 13.5.